The number of carbonyl (C=O) groups excluding carboxylic acids is 1. The van der Waals surface area contributed by atoms with E-state index in [1.165, 1.54) is 0 Å². The van der Waals surface area contributed by atoms with Gasteiger partial charge in [0.25, 0.3) is 0 Å². The quantitative estimate of drug-likeness (QED) is 0.557. The van der Waals surface area contributed by atoms with Crippen LogP contribution in [0.5, 0.6) is 0 Å². The SMILES string of the molecule is C[C@@H]1CNC[C@H]1C(=O)NCCSCCCO. The normalized spacial score (nSPS) is 24.6. The molecule has 3 N–H and O–H groups in total. The summed E-state index contributed by atoms with van der Waals surface area (Å²) in [5, 5.41) is 14.8. The van der Waals surface area contributed by atoms with E-state index in [0.29, 0.717) is 5.92 Å². The smallest absolute Gasteiger partial charge is 0.224 e. The molecule has 0 aliphatic carbocycles. The lowest BCUT2D eigenvalue weighted by Gasteiger charge is -2.13. The lowest BCUT2D eigenvalue weighted by atomic mass is 9.97. The second-order valence-corrected chi connectivity index (χ2v) is 5.45. The Morgan fingerprint density at radius 1 is 1.50 bits per heavy atom. The molecule has 1 saturated heterocycles. The van der Waals surface area contributed by atoms with Crippen LogP contribution in [0.4, 0.5) is 0 Å². The van der Waals surface area contributed by atoms with Gasteiger partial charge in [-0.25, -0.2) is 0 Å². The van der Waals surface area contributed by atoms with Crippen LogP contribution in [-0.2, 0) is 4.79 Å². The lowest BCUT2D eigenvalue weighted by Crippen LogP contribution is -2.35. The van der Waals surface area contributed by atoms with Crippen molar-refractivity contribution >= 4 is 17.7 Å². The first-order chi connectivity index (χ1) is 7.75. The first kappa shape index (κ1) is 13.8. The summed E-state index contributed by atoms with van der Waals surface area (Å²) in [7, 11) is 0. The molecule has 1 heterocycles. The molecule has 5 heteroatoms. The third-order valence-electron chi connectivity index (χ3n) is 2.85. The van der Waals surface area contributed by atoms with Crippen LogP contribution >= 0.6 is 11.8 Å². The van der Waals surface area contributed by atoms with Crippen molar-refractivity contribution in [1.29, 1.82) is 0 Å². The first-order valence-electron chi connectivity index (χ1n) is 5.92. The molecule has 0 saturated carbocycles. The minimum Gasteiger partial charge on any atom is -0.396 e. The summed E-state index contributed by atoms with van der Waals surface area (Å²) >= 11 is 1.77. The zero-order valence-corrected chi connectivity index (χ0v) is 10.7. The Morgan fingerprint density at radius 2 is 2.31 bits per heavy atom. The van der Waals surface area contributed by atoms with Gasteiger partial charge in [-0.2, -0.15) is 11.8 Å². The molecule has 16 heavy (non-hydrogen) atoms. The number of amides is 1. The number of carbonyl (C=O) groups is 1. The summed E-state index contributed by atoms with van der Waals surface area (Å²) in [6.07, 6.45) is 0.836. The van der Waals surface area contributed by atoms with Crippen molar-refractivity contribution in [2.75, 3.05) is 37.7 Å². The molecule has 0 aromatic heterocycles. The van der Waals surface area contributed by atoms with Crippen molar-refractivity contribution in [2.45, 2.75) is 13.3 Å². The van der Waals surface area contributed by atoms with E-state index < -0.39 is 0 Å². The van der Waals surface area contributed by atoms with Gasteiger partial charge in [-0.3, -0.25) is 4.79 Å². The van der Waals surface area contributed by atoms with Gasteiger partial charge in [-0.05, 0) is 24.6 Å². The molecule has 0 aromatic carbocycles. The third-order valence-corrected chi connectivity index (χ3v) is 3.92. The largest absolute Gasteiger partial charge is 0.396 e. The van der Waals surface area contributed by atoms with Gasteiger partial charge in [-0.1, -0.05) is 6.92 Å². The van der Waals surface area contributed by atoms with Crippen molar-refractivity contribution in [1.82, 2.24) is 10.6 Å². The van der Waals surface area contributed by atoms with Crippen molar-refractivity contribution in [3.05, 3.63) is 0 Å². The van der Waals surface area contributed by atoms with Gasteiger partial charge in [0.15, 0.2) is 0 Å². The van der Waals surface area contributed by atoms with Crippen molar-refractivity contribution in [2.24, 2.45) is 11.8 Å². The highest BCUT2D eigenvalue weighted by atomic mass is 32.2. The van der Waals surface area contributed by atoms with Gasteiger partial charge in [0.1, 0.15) is 0 Å². The Kier molecular flexibility index (Phi) is 6.84. The van der Waals surface area contributed by atoms with E-state index in [-0.39, 0.29) is 18.4 Å². The maximum absolute atomic E-state index is 11.7. The van der Waals surface area contributed by atoms with Crippen molar-refractivity contribution in [3.8, 4) is 0 Å². The van der Waals surface area contributed by atoms with E-state index in [2.05, 4.69) is 17.6 Å². The molecule has 0 bridgehead atoms. The highest BCUT2D eigenvalue weighted by Gasteiger charge is 2.28. The summed E-state index contributed by atoms with van der Waals surface area (Å²) in [6.45, 7) is 4.86. The summed E-state index contributed by atoms with van der Waals surface area (Å²) in [4.78, 5) is 11.7. The predicted molar refractivity (Wildman–Crippen MR) is 67.6 cm³/mol. The van der Waals surface area contributed by atoms with Crippen LogP contribution in [0.25, 0.3) is 0 Å². The topological polar surface area (TPSA) is 61.4 Å². The molecular formula is C11H22N2O2S. The predicted octanol–water partition coefficient (Wildman–Crippen LogP) is 0.0737. The average Bonchev–Trinajstić information content (AvgIpc) is 2.69. The van der Waals surface area contributed by atoms with Gasteiger partial charge in [0.05, 0.1) is 5.92 Å². The Morgan fingerprint density at radius 3 is 2.94 bits per heavy atom. The maximum atomic E-state index is 11.7. The molecule has 1 rings (SSSR count). The molecule has 0 aromatic rings. The van der Waals surface area contributed by atoms with E-state index in [1.54, 1.807) is 11.8 Å². The maximum Gasteiger partial charge on any atom is 0.224 e. The molecule has 2 atom stereocenters. The molecule has 1 aliphatic rings. The van der Waals surface area contributed by atoms with Crippen LogP contribution in [0.2, 0.25) is 0 Å². The Hall–Kier alpha value is -0.260. The monoisotopic (exact) mass is 246 g/mol. The number of aliphatic hydroxyl groups excluding tert-OH is 1. The summed E-state index contributed by atoms with van der Waals surface area (Å²) in [5.41, 5.74) is 0. The number of hydrogen-bond donors (Lipinski definition) is 3. The Balaban J connectivity index is 2.02. The van der Waals surface area contributed by atoms with E-state index in [9.17, 15) is 4.79 Å². The molecule has 0 spiro atoms. The highest BCUT2D eigenvalue weighted by molar-refractivity contribution is 7.99. The molecule has 1 aliphatic heterocycles. The first-order valence-corrected chi connectivity index (χ1v) is 7.08. The molecule has 94 valence electrons. The molecule has 0 unspecified atom stereocenters. The number of rotatable bonds is 7. The minimum atomic E-state index is 0.141. The van der Waals surface area contributed by atoms with Gasteiger partial charge in [0, 0.05) is 25.4 Å². The van der Waals surface area contributed by atoms with Gasteiger partial charge in [-0.15, -0.1) is 0 Å². The van der Waals surface area contributed by atoms with E-state index in [4.69, 9.17) is 5.11 Å². The van der Waals surface area contributed by atoms with Crippen molar-refractivity contribution < 1.29 is 9.90 Å². The van der Waals surface area contributed by atoms with E-state index in [0.717, 1.165) is 37.6 Å². The van der Waals surface area contributed by atoms with Crippen LogP contribution in [-0.4, -0.2) is 48.8 Å². The van der Waals surface area contributed by atoms with E-state index >= 15 is 0 Å². The Bertz CT molecular complexity index is 214. The fraction of sp³-hybridized carbons (Fsp3) is 0.909. The number of hydrogen-bond acceptors (Lipinski definition) is 4. The molecule has 0 radical (unpaired) electrons. The third kappa shape index (κ3) is 4.72. The highest BCUT2D eigenvalue weighted by Crippen LogP contribution is 2.15. The zero-order chi connectivity index (χ0) is 11.8. The van der Waals surface area contributed by atoms with Crippen LogP contribution in [0, 0.1) is 11.8 Å². The van der Waals surface area contributed by atoms with Crippen LogP contribution < -0.4 is 10.6 Å². The van der Waals surface area contributed by atoms with Crippen LogP contribution in [0.1, 0.15) is 13.3 Å². The second kappa shape index (κ2) is 7.92. The summed E-state index contributed by atoms with van der Waals surface area (Å²) < 4.78 is 0. The summed E-state index contributed by atoms with van der Waals surface area (Å²) in [6, 6.07) is 0. The van der Waals surface area contributed by atoms with Gasteiger partial charge < -0.3 is 15.7 Å². The van der Waals surface area contributed by atoms with Gasteiger partial charge in [0.2, 0.25) is 5.91 Å². The van der Waals surface area contributed by atoms with Gasteiger partial charge >= 0.3 is 0 Å². The molecular weight excluding hydrogens is 224 g/mol. The molecule has 1 fully saturated rings. The lowest BCUT2D eigenvalue weighted by molar-refractivity contribution is -0.125. The minimum absolute atomic E-state index is 0.141. The number of nitrogens with one attached hydrogen (secondary N) is 2. The van der Waals surface area contributed by atoms with Crippen LogP contribution in [0.3, 0.4) is 0 Å². The number of aliphatic hydroxyl groups is 1. The second-order valence-electron chi connectivity index (χ2n) is 4.22. The standard InChI is InChI=1S/C11H22N2O2S/c1-9-7-12-8-10(9)11(15)13-3-6-16-5-2-4-14/h9-10,12,14H,2-8H2,1H3,(H,13,15)/t9-,10-/m1/s1. The Labute approximate surface area is 102 Å². The summed E-state index contributed by atoms with van der Waals surface area (Å²) in [5.74, 6) is 2.67. The zero-order valence-electron chi connectivity index (χ0n) is 9.87. The van der Waals surface area contributed by atoms with E-state index in [1.807, 2.05) is 0 Å². The number of thioether (sulfide) groups is 1. The van der Waals surface area contributed by atoms with Crippen LogP contribution in [0.15, 0.2) is 0 Å². The molecule has 1 amide bonds. The fourth-order valence-corrected chi connectivity index (χ4v) is 2.59. The fourth-order valence-electron chi connectivity index (χ4n) is 1.81. The molecule has 4 nitrogen and oxygen atoms in total. The average molecular weight is 246 g/mol. The van der Waals surface area contributed by atoms with Crippen molar-refractivity contribution in [3.63, 3.8) is 0 Å².